The number of hydrogen-bond acceptors (Lipinski definition) is 9. The molecule has 2 amide bonds. The standard InChI is InChI=1S/C30H27ClN6O3S2/c1-2-33-22-10-8-20(17-32)14-23(22)36-29-37(18-19-6-4-3-5-7-19)28(38)26(42-29)16-27-35-24-15-21(9-11-25(24)41-27)40-30(39)34-13-12-31/h3-11,14-16,27,33,35H,2,12-13,18H2,1H3,(H,34,39). The minimum Gasteiger partial charge on any atom is -0.410 e. The number of nitriles is 1. The number of carbonyl (C=O) groups excluding carboxylic acids is 2. The van der Waals surface area contributed by atoms with Crippen molar-refractivity contribution in [3.05, 3.63) is 88.8 Å². The number of rotatable bonds is 9. The molecule has 5 rings (SSSR count). The summed E-state index contributed by atoms with van der Waals surface area (Å²) in [4.78, 5) is 33.7. The van der Waals surface area contributed by atoms with Gasteiger partial charge in [-0.15, -0.1) is 11.6 Å². The van der Waals surface area contributed by atoms with Crippen LogP contribution in [-0.4, -0.2) is 46.4 Å². The quantitative estimate of drug-likeness (QED) is 0.183. The van der Waals surface area contributed by atoms with Crippen LogP contribution < -0.4 is 20.7 Å². The van der Waals surface area contributed by atoms with Crippen LogP contribution >= 0.6 is 35.1 Å². The molecule has 0 saturated carbocycles. The zero-order valence-corrected chi connectivity index (χ0v) is 25.0. The highest BCUT2D eigenvalue weighted by Gasteiger charge is 2.35. The Morgan fingerprint density at radius 1 is 1.21 bits per heavy atom. The third kappa shape index (κ3) is 7.02. The van der Waals surface area contributed by atoms with Gasteiger partial charge in [0.25, 0.3) is 5.91 Å². The molecule has 2 aliphatic heterocycles. The molecule has 3 aromatic rings. The predicted octanol–water partition coefficient (Wildman–Crippen LogP) is 6.51. The molecule has 42 heavy (non-hydrogen) atoms. The largest absolute Gasteiger partial charge is 0.412 e. The smallest absolute Gasteiger partial charge is 0.410 e. The van der Waals surface area contributed by atoms with E-state index < -0.39 is 6.09 Å². The number of ether oxygens (including phenoxy) is 1. The Bertz CT molecular complexity index is 1590. The maximum Gasteiger partial charge on any atom is 0.412 e. The second-order valence-electron chi connectivity index (χ2n) is 9.12. The lowest BCUT2D eigenvalue weighted by atomic mass is 10.2. The minimum atomic E-state index is -0.573. The Hall–Kier alpha value is -4.11. The molecule has 9 nitrogen and oxygen atoms in total. The fraction of sp³-hybridized carbons (Fsp3) is 0.200. The second kappa shape index (κ2) is 13.7. The van der Waals surface area contributed by atoms with Gasteiger partial charge in [-0.1, -0.05) is 42.1 Å². The van der Waals surface area contributed by atoms with E-state index in [0.717, 1.165) is 21.8 Å². The molecule has 1 fully saturated rings. The zero-order chi connectivity index (χ0) is 29.5. The van der Waals surface area contributed by atoms with Crippen LogP contribution in [0.25, 0.3) is 0 Å². The molecule has 3 aromatic carbocycles. The number of alkyl halides is 1. The number of amidine groups is 1. The van der Waals surface area contributed by atoms with Crippen LogP contribution in [0.4, 0.5) is 21.9 Å². The lowest BCUT2D eigenvalue weighted by Crippen LogP contribution is -2.28. The van der Waals surface area contributed by atoms with Gasteiger partial charge >= 0.3 is 6.09 Å². The average molecular weight is 619 g/mol. The number of nitrogens with zero attached hydrogens (tertiary/aromatic N) is 3. The van der Waals surface area contributed by atoms with E-state index in [1.165, 1.54) is 11.8 Å². The van der Waals surface area contributed by atoms with Crippen molar-refractivity contribution in [3.8, 4) is 11.8 Å². The topological polar surface area (TPSA) is 119 Å². The number of anilines is 2. The summed E-state index contributed by atoms with van der Waals surface area (Å²) in [5.74, 6) is 0.540. The van der Waals surface area contributed by atoms with E-state index in [1.807, 2.05) is 55.5 Å². The Kier molecular flexibility index (Phi) is 9.59. The number of benzene rings is 3. The third-order valence-corrected chi connectivity index (χ3v) is 8.49. The Labute approximate surface area is 257 Å². The lowest BCUT2D eigenvalue weighted by molar-refractivity contribution is -0.122. The van der Waals surface area contributed by atoms with Crippen LogP contribution in [0.15, 0.2) is 87.6 Å². The highest BCUT2D eigenvalue weighted by atomic mass is 35.5. The van der Waals surface area contributed by atoms with E-state index in [4.69, 9.17) is 21.3 Å². The number of halogens is 1. The fourth-order valence-electron chi connectivity index (χ4n) is 4.26. The molecular formula is C30H27ClN6O3S2. The summed E-state index contributed by atoms with van der Waals surface area (Å²) in [6.07, 6.45) is 1.32. The SMILES string of the molecule is CCNc1ccc(C#N)cc1N=C1SC(=CC2Nc3cc(OC(=O)NCCCl)ccc3S2)C(=O)N1Cc1ccccc1. The first-order chi connectivity index (χ1) is 20.5. The van der Waals surface area contributed by atoms with Gasteiger partial charge in [-0.2, -0.15) is 5.26 Å². The van der Waals surface area contributed by atoms with Gasteiger partial charge < -0.3 is 20.7 Å². The van der Waals surface area contributed by atoms with Crippen LogP contribution in [-0.2, 0) is 11.3 Å². The van der Waals surface area contributed by atoms with E-state index in [2.05, 4.69) is 22.0 Å². The molecular weight excluding hydrogens is 592 g/mol. The molecule has 12 heteroatoms. The maximum absolute atomic E-state index is 13.7. The van der Waals surface area contributed by atoms with Crippen molar-refractivity contribution in [2.24, 2.45) is 4.99 Å². The number of amides is 2. The van der Waals surface area contributed by atoms with Crippen molar-refractivity contribution < 1.29 is 14.3 Å². The van der Waals surface area contributed by atoms with E-state index in [1.54, 1.807) is 40.9 Å². The van der Waals surface area contributed by atoms with Crippen molar-refractivity contribution in [2.75, 3.05) is 29.6 Å². The molecule has 0 aromatic heterocycles. The zero-order valence-electron chi connectivity index (χ0n) is 22.6. The van der Waals surface area contributed by atoms with Gasteiger partial charge in [0.2, 0.25) is 0 Å². The molecule has 3 N–H and O–H groups in total. The molecule has 0 radical (unpaired) electrons. The van der Waals surface area contributed by atoms with Gasteiger partial charge in [-0.25, -0.2) is 9.79 Å². The van der Waals surface area contributed by atoms with Gasteiger partial charge in [-0.05, 0) is 60.7 Å². The Morgan fingerprint density at radius 3 is 2.81 bits per heavy atom. The summed E-state index contributed by atoms with van der Waals surface area (Å²) in [5, 5.41) is 19.0. The van der Waals surface area contributed by atoms with Gasteiger partial charge in [0.05, 0.1) is 45.5 Å². The monoisotopic (exact) mass is 618 g/mol. The summed E-state index contributed by atoms with van der Waals surface area (Å²) >= 11 is 8.47. The molecule has 1 atom stereocenters. The number of fused-ring (bicyclic) bond motifs is 1. The first-order valence-electron chi connectivity index (χ1n) is 13.2. The molecule has 1 saturated heterocycles. The summed E-state index contributed by atoms with van der Waals surface area (Å²) in [6.45, 7) is 3.34. The molecule has 0 spiro atoms. The number of carbonyl (C=O) groups is 2. The van der Waals surface area contributed by atoms with Gasteiger partial charge in [-0.3, -0.25) is 9.69 Å². The van der Waals surface area contributed by atoms with Gasteiger partial charge in [0.1, 0.15) is 5.75 Å². The lowest BCUT2D eigenvalue weighted by Gasteiger charge is -2.16. The van der Waals surface area contributed by atoms with Crippen LogP contribution in [0.5, 0.6) is 5.75 Å². The molecule has 1 unspecified atom stereocenters. The van der Waals surface area contributed by atoms with E-state index in [0.29, 0.717) is 52.6 Å². The number of hydrogen-bond donors (Lipinski definition) is 3. The molecule has 214 valence electrons. The van der Waals surface area contributed by atoms with Crippen molar-refractivity contribution >= 4 is 69.4 Å². The summed E-state index contributed by atoms with van der Waals surface area (Å²) < 4.78 is 5.33. The number of thioether (sulfide) groups is 2. The molecule has 2 aliphatic rings. The average Bonchev–Trinajstić information content (AvgIpc) is 3.53. The van der Waals surface area contributed by atoms with E-state index in [9.17, 15) is 14.9 Å². The Balaban J connectivity index is 1.40. The van der Waals surface area contributed by atoms with Crippen molar-refractivity contribution in [2.45, 2.75) is 23.7 Å². The van der Waals surface area contributed by atoms with Crippen molar-refractivity contribution in [1.29, 1.82) is 5.26 Å². The molecule has 2 heterocycles. The van der Waals surface area contributed by atoms with Crippen LogP contribution in [0.2, 0.25) is 0 Å². The fourth-order valence-corrected chi connectivity index (χ4v) is 6.50. The normalized spacial score (nSPS) is 17.6. The summed E-state index contributed by atoms with van der Waals surface area (Å²) in [7, 11) is 0. The van der Waals surface area contributed by atoms with E-state index in [-0.39, 0.29) is 11.3 Å². The van der Waals surface area contributed by atoms with Crippen molar-refractivity contribution in [1.82, 2.24) is 10.2 Å². The molecule has 0 aliphatic carbocycles. The third-order valence-electron chi connectivity index (χ3n) is 6.16. The molecule has 0 bridgehead atoms. The minimum absolute atomic E-state index is 0.151. The predicted molar refractivity (Wildman–Crippen MR) is 170 cm³/mol. The maximum atomic E-state index is 13.7. The summed E-state index contributed by atoms with van der Waals surface area (Å²) in [5.41, 5.74) is 3.64. The first kappa shape index (κ1) is 29.4. The van der Waals surface area contributed by atoms with E-state index >= 15 is 0 Å². The summed E-state index contributed by atoms with van der Waals surface area (Å²) in [6, 6.07) is 22.6. The van der Waals surface area contributed by atoms with Crippen LogP contribution in [0.1, 0.15) is 18.1 Å². The number of aliphatic imine (C=N–C) groups is 1. The van der Waals surface area contributed by atoms with Crippen LogP contribution in [0, 0.1) is 11.3 Å². The highest BCUT2D eigenvalue weighted by Crippen LogP contribution is 2.43. The Morgan fingerprint density at radius 2 is 2.05 bits per heavy atom. The van der Waals surface area contributed by atoms with Crippen molar-refractivity contribution in [3.63, 3.8) is 0 Å². The van der Waals surface area contributed by atoms with Crippen LogP contribution in [0.3, 0.4) is 0 Å². The van der Waals surface area contributed by atoms with Gasteiger partial charge in [0, 0.05) is 29.9 Å². The number of nitrogens with one attached hydrogen (secondary N) is 3. The van der Waals surface area contributed by atoms with Gasteiger partial charge in [0.15, 0.2) is 5.17 Å². The second-order valence-corrected chi connectivity index (χ2v) is 11.7. The first-order valence-corrected chi connectivity index (χ1v) is 15.4. The highest BCUT2D eigenvalue weighted by molar-refractivity contribution is 8.18.